The fourth-order valence-corrected chi connectivity index (χ4v) is 3.70. The molecule has 29 heavy (non-hydrogen) atoms. The first-order chi connectivity index (χ1) is 13.9. The van der Waals surface area contributed by atoms with Crippen molar-refractivity contribution >= 4 is 11.9 Å². The summed E-state index contributed by atoms with van der Waals surface area (Å²) >= 11 is 0. The highest BCUT2D eigenvalue weighted by molar-refractivity contribution is 5.94. The number of nitrogens with zero attached hydrogens (tertiary/aromatic N) is 2. The van der Waals surface area contributed by atoms with Gasteiger partial charge in [-0.05, 0) is 50.5 Å². The predicted molar refractivity (Wildman–Crippen MR) is 119 cm³/mol. The van der Waals surface area contributed by atoms with Gasteiger partial charge in [0.25, 0.3) is 5.91 Å². The lowest BCUT2D eigenvalue weighted by atomic mass is 9.99. The Balaban J connectivity index is 1.59. The summed E-state index contributed by atoms with van der Waals surface area (Å²) in [6.07, 6.45) is 1.13. The number of rotatable bonds is 4. The fraction of sp³-hybridized carbons (Fsp3) is 0.417. The van der Waals surface area contributed by atoms with Crippen molar-refractivity contribution in [3.05, 3.63) is 71.3 Å². The number of aliphatic imine (C=N–C) groups is 1. The maximum Gasteiger partial charge on any atom is 0.251 e. The Labute approximate surface area is 174 Å². The topological polar surface area (TPSA) is 56.7 Å². The smallest absolute Gasteiger partial charge is 0.251 e. The number of hydrogen-bond acceptors (Lipinski definition) is 2. The lowest BCUT2D eigenvalue weighted by Crippen LogP contribution is -2.40. The zero-order valence-corrected chi connectivity index (χ0v) is 17.9. The van der Waals surface area contributed by atoms with Crippen LogP contribution in [0.2, 0.25) is 0 Å². The van der Waals surface area contributed by atoms with Crippen LogP contribution in [-0.2, 0) is 6.54 Å². The molecule has 1 atom stereocenters. The Hall–Kier alpha value is -2.82. The Kier molecular flexibility index (Phi) is 6.57. The van der Waals surface area contributed by atoms with E-state index >= 15 is 0 Å². The summed E-state index contributed by atoms with van der Waals surface area (Å²) in [6.45, 7) is 8.55. The van der Waals surface area contributed by atoms with Crippen molar-refractivity contribution in [3.63, 3.8) is 0 Å². The van der Waals surface area contributed by atoms with Crippen LogP contribution in [0, 0.1) is 0 Å². The Bertz CT molecular complexity index is 855. The molecular formula is C24H32N4O. The maximum atomic E-state index is 12.4. The summed E-state index contributed by atoms with van der Waals surface area (Å²) < 4.78 is 0. The van der Waals surface area contributed by atoms with Crippen molar-refractivity contribution in [2.75, 3.05) is 20.1 Å². The van der Waals surface area contributed by atoms with Gasteiger partial charge in [0.2, 0.25) is 0 Å². The lowest BCUT2D eigenvalue weighted by Gasteiger charge is -2.22. The van der Waals surface area contributed by atoms with Gasteiger partial charge in [0.15, 0.2) is 5.96 Å². The minimum Gasteiger partial charge on any atom is -0.352 e. The summed E-state index contributed by atoms with van der Waals surface area (Å²) in [4.78, 5) is 19.2. The molecule has 1 amide bonds. The van der Waals surface area contributed by atoms with E-state index in [1.54, 1.807) is 0 Å². The van der Waals surface area contributed by atoms with Gasteiger partial charge < -0.3 is 15.5 Å². The molecule has 1 heterocycles. The van der Waals surface area contributed by atoms with Crippen LogP contribution in [0.3, 0.4) is 0 Å². The molecule has 0 radical (unpaired) electrons. The predicted octanol–water partition coefficient (Wildman–Crippen LogP) is 3.78. The van der Waals surface area contributed by atoms with E-state index in [2.05, 4.69) is 50.9 Å². The molecule has 0 aliphatic carbocycles. The molecule has 2 aromatic rings. The zero-order chi connectivity index (χ0) is 20.9. The van der Waals surface area contributed by atoms with Crippen LogP contribution < -0.4 is 10.6 Å². The largest absolute Gasteiger partial charge is 0.352 e. The van der Waals surface area contributed by atoms with E-state index < -0.39 is 0 Å². The number of likely N-dealkylation sites (tertiary alicyclic amines) is 1. The van der Waals surface area contributed by atoms with Gasteiger partial charge in [-0.25, -0.2) is 0 Å². The van der Waals surface area contributed by atoms with Gasteiger partial charge in [0, 0.05) is 43.7 Å². The molecule has 0 saturated carbocycles. The summed E-state index contributed by atoms with van der Waals surface area (Å²) in [5.41, 5.74) is 2.88. The third-order valence-corrected chi connectivity index (χ3v) is 5.10. The first kappa shape index (κ1) is 20.9. The molecule has 5 heteroatoms. The van der Waals surface area contributed by atoms with E-state index in [-0.39, 0.29) is 11.4 Å². The number of amides is 1. The van der Waals surface area contributed by atoms with Crippen molar-refractivity contribution < 1.29 is 4.79 Å². The van der Waals surface area contributed by atoms with Gasteiger partial charge in [-0.1, -0.05) is 42.5 Å². The number of carbonyl (C=O) groups excluding carboxylic acids is 1. The third kappa shape index (κ3) is 5.83. The van der Waals surface area contributed by atoms with Crippen LogP contribution in [0.15, 0.2) is 59.6 Å². The van der Waals surface area contributed by atoms with E-state index in [0.717, 1.165) is 31.0 Å². The van der Waals surface area contributed by atoms with Crippen molar-refractivity contribution in [2.45, 2.75) is 45.2 Å². The number of carbonyl (C=O) groups is 1. The molecule has 2 N–H and O–H groups in total. The molecule has 1 aliphatic heterocycles. The lowest BCUT2D eigenvalue weighted by molar-refractivity contribution is 0.0919. The number of benzene rings is 2. The van der Waals surface area contributed by atoms with Gasteiger partial charge >= 0.3 is 0 Å². The maximum absolute atomic E-state index is 12.4. The molecule has 1 fully saturated rings. The monoisotopic (exact) mass is 392 g/mol. The molecule has 1 aliphatic rings. The van der Waals surface area contributed by atoms with Gasteiger partial charge in [-0.2, -0.15) is 0 Å². The molecule has 2 aromatic carbocycles. The molecule has 1 saturated heterocycles. The van der Waals surface area contributed by atoms with Crippen molar-refractivity contribution in [1.29, 1.82) is 0 Å². The van der Waals surface area contributed by atoms with E-state index in [1.807, 2.05) is 52.1 Å². The zero-order valence-electron chi connectivity index (χ0n) is 17.9. The van der Waals surface area contributed by atoms with Crippen molar-refractivity contribution in [1.82, 2.24) is 15.5 Å². The van der Waals surface area contributed by atoms with Crippen LogP contribution >= 0.6 is 0 Å². The van der Waals surface area contributed by atoms with Crippen LogP contribution in [0.25, 0.3) is 0 Å². The Morgan fingerprint density at radius 1 is 1.14 bits per heavy atom. The third-order valence-electron chi connectivity index (χ3n) is 5.10. The highest BCUT2D eigenvalue weighted by Crippen LogP contribution is 2.26. The van der Waals surface area contributed by atoms with E-state index in [4.69, 9.17) is 0 Å². The number of nitrogens with one attached hydrogen (secondary N) is 2. The minimum absolute atomic E-state index is 0.0472. The average molecular weight is 393 g/mol. The van der Waals surface area contributed by atoms with Crippen LogP contribution in [0.5, 0.6) is 0 Å². The van der Waals surface area contributed by atoms with Gasteiger partial charge in [0.1, 0.15) is 0 Å². The van der Waals surface area contributed by atoms with E-state index in [9.17, 15) is 4.79 Å². The standard InChI is InChI=1S/C24H32N4O/c1-24(2,3)27-22(29)20-12-8-9-18(15-20)16-26-23(25-4)28-14-13-21(17-28)19-10-6-5-7-11-19/h5-12,15,21H,13-14,16-17H2,1-4H3,(H,25,26)(H,27,29). The second kappa shape index (κ2) is 9.12. The number of hydrogen-bond donors (Lipinski definition) is 2. The molecule has 0 bridgehead atoms. The van der Waals surface area contributed by atoms with Crippen molar-refractivity contribution in [2.24, 2.45) is 4.99 Å². The first-order valence-electron chi connectivity index (χ1n) is 10.3. The Morgan fingerprint density at radius 3 is 2.59 bits per heavy atom. The highest BCUT2D eigenvalue weighted by atomic mass is 16.1. The number of guanidine groups is 1. The second-order valence-corrected chi connectivity index (χ2v) is 8.65. The molecular weight excluding hydrogens is 360 g/mol. The normalized spacial score (nSPS) is 17.3. The summed E-state index contributed by atoms with van der Waals surface area (Å²) in [7, 11) is 1.82. The highest BCUT2D eigenvalue weighted by Gasteiger charge is 2.25. The molecule has 5 nitrogen and oxygen atoms in total. The minimum atomic E-state index is -0.252. The first-order valence-corrected chi connectivity index (χ1v) is 10.3. The fourth-order valence-electron chi connectivity index (χ4n) is 3.70. The SMILES string of the molecule is CN=C(NCc1cccc(C(=O)NC(C)(C)C)c1)N1CCC(c2ccccc2)C1. The summed E-state index contributed by atoms with van der Waals surface area (Å²) in [5.74, 6) is 1.40. The average Bonchev–Trinajstić information content (AvgIpc) is 3.18. The summed E-state index contributed by atoms with van der Waals surface area (Å²) in [5, 5.41) is 6.47. The molecule has 154 valence electrons. The van der Waals surface area contributed by atoms with E-state index in [0.29, 0.717) is 18.0 Å². The van der Waals surface area contributed by atoms with Gasteiger partial charge in [-0.3, -0.25) is 9.79 Å². The van der Waals surface area contributed by atoms with Crippen molar-refractivity contribution in [3.8, 4) is 0 Å². The van der Waals surface area contributed by atoms with Gasteiger partial charge in [0.05, 0.1) is 0 Å². The van der Waals surface area contributed by atoms with Crippen LogP contribution in [0.4, 0.5) is 0 Å². The van der Waals surface area contributed by atoms with Gasteiger partial charge in [-0.15, -0.1) is 0 Å². The summed E-state index contributed by atoms with van der Waals surface area (Å²) in [6, 6.07) is 18.4. The second-order valence-electron chi connectivity index (χ2n) is 8.65. The quantitative estimate of drug-likeness (QED) is 0.615. The van der Waals surface area contributed by atoms with Crippen LogP contribution in [-0.4, -0.2) is 42.4 Å². The molecule has 1 unspecified atom stereocenters. The molecule has 0 spiro atoms. The molecule has 3 rings (SSSR count). The Morgan fingerprint density at radius 2 is 1.90 bits per heavy atom. The van der Waals surface area contributed by atoms with Crippen LogP contribution in [0.1, 0.15) is 54.6 Å². The molecule has 0 aromatic heterocycles. The van der Waals surface area contributed by atoms with E-state index in [1.165, 1.54) is 5.56 Å².